The number of hydrogen-bond acceptors (Lipinski definition) is 5. The normalized spacial score (nSPS) is 10.9. The molecule has 0 saturated heterocycles. The van der Waals surface area contributed by atoms with E-state index in [9.17, 15) is 14.4 Å². The number of rotatable bonds is 7. The van der Waals surface area contributed by atoms with Crippen molar-refractivity contribution in [1.29, 1.82) is 0 Å². The molecule has 0 fully saturated rings. The molecule has 2 aromatic heterocycles. The van der Waals surface area contributed by atoms with Crippen molar-refractivity contribution >= 4 is 28.7 Å². The number of aryl methyl sites for hydroxylation is 2. The van der Waals surface area contributed by atoms with Crippen LogP contribution in [0.5, 0.6) is 0 Å². The van der Waals surface area contributed by atoms with Crippen molar-refractivity contribution in [2.24, 2.45) is 0 Å². The number of benzene rings is 1. The summed E-state index contributed by atoms with van der Waals surface area (Å²) < 4.78 is 1.33. The third kappa shape index (κ3) is 4.38. The maximum Gasteiger partial charge on any atom is 0.330 e. The number of aromatic amines is 1. The summed E-state index contributed by atoms with van der Waals surface area (Å²) in [6.07, 6.45) is 1.59. The summed E-state index contributed by atoms with van der Waals surface area (Å²) in [4.78, 5) is 44.2. The lowest BCUT2D eigenvalue weighted by Gasteiger charge is -2.25. The van der Waals surface area contributed by atoms with Gasteiger partial charge in [-0.2, -0.15) is 0 Å². The van der Waals surface area contributed by atoms with Crippen LogP contribution in [-0.2, 0) is 13.1 Å². The van der Waals surface area contributed by atoms with Crippen LogP contribution in [0.25, 0.3) is 0 Å². The Hall–Kier alpha value is -3.13. The SMILES string of the molecule is CCCCn1c(N)c(N(Cc2ccccc2)C(=O)c2cc(C)sc2C)c(=O)[nH]c1=O. The molecule has 0 bridgehead atoms. The number of thiophene rings is 1. The third-order valence-electron chi connectivity index (χ3n) is 4.92. The van der Waals surface area contributed by atoms with Gasteiger partial charge in [-0.1, -0.05) is 43.7 Å². The maximum atomic E-state index is 13.5. The van der Waals surface area contributed by atoms with Gasteiger partial charge in [0.2, 0.25) is 0 Å². The molecule has 3 N–H and O–H groups in total. The summed E-state index contributed by atoms with van der Waals surface area (Å²) in [6, 6.07) is 11.2. The number of nitrogen functional groups attached to an aromatic ring is 1. The van der Waals surface area contributed by atoms with Crippen molar-refractivity contribution in [2.45, 2.75) is 46.7 Å². The number of amides is 1. The smallest absolute Gasteiger partial charge is 0.330 e. The molecule has 2 heterocycles. The lowest BCUT2D eigenvalue weighted by molar-refractivity contribution is 0.0984. The van der Waals surface area contributed by atoms with Crippen LogP contribution in [0.3, 0.4) is 0 Å². The summed E-state index contributed by atoms with van der Waals surface area (Å²) in [5, 5.41) is 0. The highest BCUT2D eigenvalue weighted by molar-refractivity contribution is 7.12. The monoisotopic (exact) mass is 426 g/mol. The number of carbonyl (C=O) groups excluding carboxylic acids is 1. The average Bonchev–Trinajstić information content (AvgIpc) is 3.05. The van der Waals surface area contributed by atoms with Crippen LogP contribution in [0.1, 0.15) is 45.4 Å². The predicted molar refractivity (Wildman–Crippen MR) is 121 cm³/mol. The van der Waals surface area contributed by atoms with Crippen LogP contribution in [0.4, 0.5) is 11.5 Å². The molecular weight excluding hydrogens is 400 g/mol. The zero-order valence-electron chi connectivity index (χ0n) is 17.4. The molecule has 158 valence electrons. The zero-order chi connectivity index (χ0) is 21.8. The number of hydrogen-bond donors (Lipinski definition) is 2. The Labute approximate surface area is 178 Å². The molecule has 0 aliphatic heterocycles. The average molecular weight is 427 g/mol. The molecule has 0 radical (unpaired) electrons. The number of nitrogens with zero attached hydrogens (tertiary/aromatic N) is 2. The van der Waals surface area contributed by atoms with Gasteiger partial charge >= 0.3 is 5.69 Å². The quantitative estimate of drug-likeness (QED) is 0.604. The minimum Gasteiger partial charge on any atom is -0.383 e. The number of nitrogens with two attached hydrogens (primary N) is 1. The number of unbranched alkanes of at least 4 members (excludes halogenated alkanes) is 1. The molecule has 0 aliphatic carbocycles. The van der Waals surface area contributed by atoms with E-state index in [4.69, 9.17) is 5.73 Å². The Morgan fingerprint density at radius 1 is 1.20 bits per heavy atom. The molecule has 0 atom stereocenters. The Morgan fingerprint density at radius 3 is 2.50 bits per heavy atom. The van der Waals surface area contributed by atoms with E-state index in [1.807, 2.05) is 57.2 Å². The fourth-order valence-corrected chi connectivity index (χ4v) is 4.30. The minimum atomic E-state index is -0.667. The Morgan fingerprint density at radius 2 is 1.90 bits per heavy atom. The molecule has 0 saturated carbocycles. The first-order chi connectivity index (χ1) is 14.3. The van der Waals surface area contributed by atoms with Crippen molar-refractivity contribution in [2.75, 3.05) is 10.6 Å². The Balaban J connectivity index is 2.17. The van der Waals surface area contributed by atoms with Gasteiger partial charge in [0.25, 0.3) is 11.5 Å². The summed E-state index contributed by atoms with van der Waals surface area (Å²) >= 11 is 1.52. The second-order valence-corrected chi connectivity index (χ2v) is 8.66. The number of aromatic nitrogens is 2. The predicted octanol–water partition coefficient (Wildman–Crippen LogP) is 3.44. The Kier molecular flexibility index (Phi) is 6.56. The van der Waals surface area contributed by atoms with Gasteiger partial charge < -0.3 is 5.73 Å². The summed E-state index contributed by atoms with van der Waals surface area (Å²) in [5.74, 6) is -0.315. The fraction of sp³-hybridized carbons (Fsp3) is 0.318. The van der Waals surface area contributed by atoms with Crippen molar-refractivity contribution < 1.29 is 4.79 Å². The van der Waals surface area contributed by atoms with Gasteiger partial charge in [0.05, 0.1) is 12.1 Å². The van der Waals surface area contributed by atoms with E-state index in [0.29, 0.717) is 12.1 Å². The molecule has 3 aromatic rings. The number of carbonyl (C=O) groups is 1. The van der Waals surface area contributed by atoms with Crippen molar-refractivity contribution in [3.8, 4) is 0 Å². The third-order valence-corrected chi connectivity index (χ3v) is 5.89. The number of H-pyrrole nitrogens is 1. The Bertz CT molecular complexity index is 1160. The maximum absolute atomic E-state index is 13.5. The molecule has 0 unspecified atom stereocenters. The highest BCUT2D eigenvalue weighted by Gasteiger charge is 2.27. The molecule has 1 aromatic carbocycles. The minimum absolute atomic E-state index is 0.00260. The summed E-state index contributed by atoms with van der Waals surface area (Å²) in [7, 11) is 0. The van der Waals surface area contributed by atoms with Crippen LogP contribution >= 0.6 is 11.3 Å². The molecule has 1 amide bonds. The van der Waals surface area contributed by atoms with Crippen LogP contribution in [-0.4, -0.2) is 15.5 Å². The first-order valence-corrected chi connectivity index (χ1v) is 10.7. The molecule has 7 nitrogen and oxygen atoms in total. The van der Waals surface area contributed by atoms with Crippen molar-refractivity contribution in [3.05, 3.63) is 78.1 Å². The van der Waals surface area contributed by atoms with E-state index in [1.54, 1.807) is 0 Å². The lowest BCUT2D eigenvalue weighted by atomic mass is 10.1. The second kappa shape index (κ2) is 9.13. The standard InChI is InChI=1S/C22H26N4O3S/c1-4-5-11-25-19(23)18(20(27)24-22(25)29)26(13-16-9-7-6-8-10-16)21(28)17-12-14(2)30-15(17)3/h6-10,12H,4-5,11,13,23H2,1-3H3,(H,24,27,29). The second-order valence-electron chi connectivity index (χ2n) is 7.20. The van der Waals surface area contributed by atoms with E-state index < -0.39 is 11.2 Å². The molecular formula is C22H26N4O3S. The highest BCUT2D eigenvalue weighted by atomic mass is 32.1. The van der Waals surface area contributed by atoms with Gasteiger partial charge in [0.15, 0.2) is 5.69 Å². The van der Waals surface area contributed by atoms with Crippen LogP contribution < -0.4 is 21.9 Å². The fourth-order valence-electron chi connectivity index (χ4n) is 3.38. The highest BCUT2D eigenvalue weighted by Crippen LogP contribution is 2.27. The molecule has 8 heteroatoms. The number of anilines is 2. The van der Waals surface area contributed by atoms with E-state index in [1.165, 1.54) is 20.8 Å². The molecule has 3 rings (SSSR count). The first-order valence-electron chi connectivity index (χ1n) is 9.88. The summed E-state index contributed by atoms with van der Waals surface area (Å²) in [6.45, 7) is 6.34. The van der Waals surface area contributed by atoms with Gasteiger partial charge in [0.1, 0.15) is 5.82 Å². The molecule has 30 heavy (non-hydrogen) atoms. The van der Waals surface area contributed by atoms with Gasteiger partial charge in [-0.3, -0.25) is 24.0 Å². The molecule has 0 spiro atoms. The van der Waals surface area contributed by atoms with Gasteiger partial charge in [0, 0.05) is 16.3 Å². The summed E-state index contributed by atoms with van der Waals surface area (Å²) in [5.41, 5.74) is 6.44. The van der Waals surface area contributed by atoms with Crippen LogP contribution in [0, 0.1) is 13.8 Å². The topological polar surface area (TPSA) is 101 Å². The van der Waals surface area contributed by atoms with Gasteiger partial charge in [-0.15, -0.1) is 11.3 Å². The molecule has 0 aliphatic rings. The lowest BCUT2D eigenvalue weighted by Crippen LogP contribution is -2.41. The van der Waals surface area contributed by atoms with Gasteiger partial charge in [-0.05, 0) is 31.9 Å². The van der Waals surface area contributed by atoms with Gasteiger partial charge in [-0.25, -0.2) is 4.79 Å². The zero-order valence-corrected chi connectivity index (χ0v) is 18.2. The van der Waals surface area contributed by atoms with E-state index in [-0.39, 0.29) is 24.0 Å². The van der Waals surface area contributed by atoms with E-state index in [2.05, 4.69) is 4.98 Å². The largest absolute Gasteiger partial charge is 0.383 e. The van der Waals surface area contributed by atoms with Crippen LogP contribution in [0.15, 0.2) is 46.0 Å². The first kappa shape index (κ1) is 21.6. The van der Waals surface area contributed by atoms with Crippen molar-refractivity contribution in [1.82, 2.24) is 9.55 Å². The van der Waals surface area contributed by atoms with E-state index >= 15 is 0 Å². The van der Waals surface area contributed by atoms with E-state index in [0.717, 1.165) is 28.2 Å². The van der Waals surface area contributed by atoms with Crippen LogP contribution in [0.2, 0.25) is 0 Å². The van der Waals surface area contributed by atoms with Crippen molar-refractivity contribution in [3.63, 3.8) is 0 Å². The number of nitrogens with one attached hydrogen (secondary N) is 1.